The number of hydrogen-bond donors (Lipinski definition) is 0. The lowest BCUT2D eigenvalue weighted by molar-refractivity contribution is 0.172. The summed E-state index contributed by atoms with van der Waals surface area (Å²) < 4.78 is 30.1. The summed E-state index contributed by atoms with van der Waals surface area (Å²) in [4.78, 5) is 0. The average molecular weight is 356 g/mol. The first-order valence-electron chi connectivity index (χ1n) is 9.55. The summed E-state index contributed by atoms with van der Waals surface area (Å²) in [7, 11) is 0. The molecule has 2 aromatic rings. The highest BCUT2D eigenvalue weighted by molar-refractivity contribution is 5.46. The van der Waals surface area contributed by atoms with Crippen molar-refractivity contribution in [2.24, 2.45) is 11.8 Å². The minimum atomic E-state index is -0.169. The van der Waals surface area contributed by atoms with Crippen molar-refractivity contribution in [3.63, 3.8) is 0 Å². The lowest BCUT2D eigenvalue weighted by Gasteiger charge is -2.25. The molecule has 0 amide bonds. The van der Waals surface area contributed by atoms with Gasteiger partial charge in [-0.05, 0) is 60.9 Å². The minimum Gasteiger partial charge on any atom is -0.493 e. The van der Waals surface area contributed by atoms with Gasteiger partial charge in [0.15, 0.2) is 11.5 Å². The van der Waals surface area contributed by atoms with E-state index < -0.39 is 0 Å². The summed E-state index contributed by atoms with van der Waals surface area (Å²) in [5.74, 6) is 3.30. The van der Waals surface area contributed by atoms with E-state index in [4.69, 9.17) is 14.2 Å². The molecule has 3 nitrogen and oxygen atoms in total. The number of benzene rings is 2. The van der Waals surface area contributed by atoms with E-state index in [0.29, 0.717) is 18.4 Å². The maximum absolute atomic E-state index is 13.2. The van der Waals surface area contributed by atoms with Crippen molar-refractivity contribution in [1.82, 2.24) is 0 Å². The number of fused-ring (bicyclic) bond motifs is 1. The van der Waals surface area contributed by atoms with Gasteiger partial charge in [0.05, 0.1) is 6.61 Å². The Hall–Kier alpha value is -2.23. The third-order valence-corrected chi connectivity index (χ3v) is 5.54. The zero-order valence-corrected chi connectivity index (χ0v) is 15.0. The van der Waals surface area contributed by atoms with Crippen molar-refractivity contribution in [3.8, 4) is 17.2 Å². The fourth-order valence-corrected chi connectivity index (χ4v) is 4.04. The van der Waals surface area contributed by atoms with Gasteiger partial charge in [-0.15, -0.1) is 0 Å². The SMILES string of the molecule is Fc1ccc(C[C@@H]2CCCCC[C@H]2COc2ccc3c(c2)OCO3)cc1. The number of rotatable bonds is 5. The van der Waals surface area contributed by atoms with Gasteiger partial charge in [0.25, 0.3) is 0 Å². The molecule has 1 heterocycles. The molecule has 0 bridgehead atoms. The third kappa shape index (κ3) is 4.12. The van der Waals surface area contributed by atoms with Crippen LogP contribution in [0.3, 0.4) is 0 Å². The summed E-state index contributed by atoms with van der Waals surface area (Å²) in [6.07, 6.45) is 7.22. The van der Waals surface area contributed by atoms with Crippen molar-refractivity contribution < 1.29 is 18.6 Å². The van der Waals surface area contributed by atoms with E-state index in [9.17, 15) is 4.39 Å². The molecule has 1 aliphatic carbocycles. The molecule has 0 N–H and O–H groups in total. The van der Waals surface area contributed by atoms with Crippen molar-refractivity contribution in [3.05, 3.63) is 53.8 Å². The van der Waals surface area contributed by atoms with Gasteiger partial charge in [0.1, 0.15) is 11.6 Å². The molecule has 0 saturated heterocycles. The number of ether oxygens (including phenoxy) is 3. The lowest BCUT2D eigenvalue weighted by atomic mass is 9.83. The molecule has 0 aromatic heterocycles. The number of halogens is 1. The van der Waals surface area contributed by atoms with Crippen LogP contribution in [0.15, 0.2) is 42.5 Å². The molecule has 0 spiro atoms. The molecule has 1 saturated carbocycles. The van der Waals surface area contributed by atoms with Crippen LogP contribution in [0.1, 0.15) is 37.7 Å². The van der Waals surface area contributed by atoms with Gasteiger partial charge >= 0.3 is 0 Å². The van der Waals surface area contributed by atoms with Crippen LogP contribution in [0, 0.1) is 17.7 Å². The van der Waals surface area contributed by atoms with Crippen LogP contribution in [-0.2, 0) is 6.42 Å². The van der Waals surface area contributed by atoms with Crippen LogP contribution < -0.4 is 14.2 Å². The highest BCUT2D eigenvalue weighted by Crippen LogP contribution is 2.36. The first-order chi connectivity index (χ1) is 12.8. The van der Waals surface area contributed by atoms with Crippen molar-refractivity contribution in [2.75, 3.05) is 13.4 Å². The molecular formula is C22H25FO3. The maximum atomic E-state index is 13.2. The highest BCUT2D eigenvalue weighted by Gasteiger charge is 2.25. The molecule has 4 heteroatoms. The third-order valence-electron chi connectivity index (χ3n) is 5.54. The van der Waals surface area contributed by atoms with Crippen molar-refractivity contribution in [2.45, 2.75) is 38.5 Å². The van der Waals surface area contributed by atoms with E-state index in [0.717, 1.165) is 23.7 Å². The Labute approximate surface area is 154 Å². The van der Waals surface area contributed by atoms with Gasteiger partial charge in [-0.2, -0.15) is 0 Å². The van der Waals surface area contributed by atoms with Crippen LogP contribution in [0.5, 0.6) is 17.2 Å². The Morgan fingerprint density at radius 3 is 2.50 bits per heavy atom. The second-order valence-electron chi connectivity index (χ2n) is 7.31. The summed E-state index contributed by atoms with van der Waals surface area (Å²) in [6, 6.07) is 12.7. The molecule has 0 unspecified atom stereocenters. The molecule has 1 fully saturated rings. The van der Waals surface area contributed by atoms with Crippen LogP contribution in [0.4, 0.5) is 4.39 Å². The molecule has 2 aromatic carbocycles. The summed E-state index contributed by atoms with van der Waals surface area (Å²) in [5.41, 5.74) is 1.21. The minimum absolute atomic E-state index is 0.169. The Morgan fingerprint density at radius 2 is 1.65 bits per heavy atom. The van der Waals surface area contributed by atoms with Crippen LogP contribution in [-0.4, -0.2) is 13.4 Å². The molecule has 0 radical (unpaired) electrons. The van der Waals surface area contributed by atoms with Gasteiger partial charge in [-0.3, -0.25) is 0 Å². The Bertz CT molecular complexity index is 729. The Morgan fingerprint density at radius 1 is 0.885 bits per heavy atom. The second-order valence-corrected chi connectivity index (χ2v) is 7.31. The molecule has 1 aliphatic heterocycles. The van der Waals surface area contributed by atoms with Gasteiger partial charge < -0.3 is 14.2 Å². The lowest BCUT2D eigenvalue weighted by Crippen LogP contribution is -2.22. The Balaban J connectivity index is 1.41. The topological polar surface area (TPSA) is 27.7 Å². The molecule has 4 rings (SSSR count). The molecule has 2 atom stereocenters. The molecule has 26 heavy (non-hydrogen) atoms. The van der Waals surface area contributed by atoms with E-state index in [2.05, 4.69) is 0 Å². The van der Waals surface area contributed by atoms with Gasteiger partial charge in [0.2, 0.25) is 6.79 Å². The van der Waals surface area contributed by atoms with Gasteiger partial charge in [-0.25, -0.2) is 4.39 Å². The first-order valence-corrected chi connectivity index (χ1v) is 9.55. The van der Waals surface area contributed by atoms with E-state index in [1.54, 1.807) is 12.1 Å². The zero-order valence-electron chi connectivity index (χ0n) is 15.0. The normalized spacial score (nSPS) is 22.0. The quantitative estimate of drug-likeness (QED) is 0.674. The Kier molecular flexibility index (Phi) is 5.28. The molecular weight excluding hydrogens is 331 g/mol. The summed E-state index contributed by atoms with van der Waals surface area (Å²) in [5, 5.41) is 0. The van der Waals surface area contributed by atoms with Crippen molar-refractivity contribution >= 4 is 0 Å². The predicted octanol–water partition coefficient (Wildman–Crippen LogP) is 5.37. The van der Waals surface area contributed by atoms with E-state index >= 15 is 0 Å². The summed E-state index contributed by atoms with van der Waals surface area (Å²) >= 11 is 0. The van der Waals surface area contributed by atoms with E-state index in [1.165, 1.54) is 37.7 Å². The fourth-order valence-electron chi connectivity index (χ4n) is 4.04. The fraction of sp³-hybridized carbons (Fsp3) is 0.455. The second kappa shape index (κ2) is 7.98. The van der Waals surface area contributed by atoms with Crippen LogP contribution >= 0.6 is 0 Å². The van der Waals surface area contributed by atoms with Crippen LogP contribution in [0.2, 0.25) is 0 Å². The summed E-state index contributed by atoms with van der Waals surface area (Å²) in [6.45, 7) is 0.993. The monoisotopic (exact) mass is 356 g/mol. The highest BCUT2D eigenvalue weighted by atomic mass is 19.1. The van der Waals surface area contributed by atoms with Crippen LogP contribution in [0.25, 0.3) is 0 Å². The molecule has 138 valence electrons. The van der Waals surface area contributed by atoms with Gasteiger partial charge in [-0.1, -0.05) is 31.4 Å². The number of hydrogen-bond acceptors (Lipinski definition) is 3. The largest absolute Gasteiger partial charge is 0.493 e. The molecule has 2 aliphatic rings. The smallest absolute Gasteiger partial charge is 0.231 e. The standard InChI is InChI=1S/C22H25FO3/c23-19-8-6-16(7-9-19)12-17-4-2-1-3-5-18(17)14-24-20-10-11-21-22(13-20)26-15-25-21/h6-11,13,17-18H,1-5,12,14-15H2/t17-,18-/m0/s1. The van der Waals surface area contributed by atoms with Gasteiger partial charge in [0, 0.05) is 6.07 Å². The average Bonchev–Trinajstić information content (AvgIpc) is 3.01. The van der Waals surface area contributed by atoms with E-state index in [1.807, 2.05) is 30.3 Å². The van der Waals surface area contributed by atoms with E-state index in [-0.39, 0.29) is 12.6 Å². The predicted molar refractivity (Wildman–Crippen MR) is 98.2 cm³/mol. The zero-order chi connectivity index (χ0) is 17.8. The first kappa shape index (κ1) is 17.2. The van der Waals surface area contributed by atoms with Crippen molar-refractivity contribution in [1.29, 1.82) is 0 Å². The maximum Gasteiger partial charge on any atom is 0.231 e.